The Balaban J connectivity index is 2.61. The van der Waals surface area contributed by atoms with Gasteiger partial charge >= 0.3 is 0 Å². The molecule has 0 aliphatic heterocycles. The molecule has 118 valence electrons. The van der Waals surface area contributed by atoms with Gasteiger partial charge in [-0.2, -0.15) is 10.2 Å². The lowest BCUT2D eigenvalue weighted by molar-refractivity contribution is -0.115. The Bertz CT molecular complexity index is 773. The molecule has 0 amide bonds. The normalized spacial score (nSPS) is 15.4. The number of methoxy groups -OCH3 is 1. The van der Waals surface area contributed by atoms with Crippen LogP contribution in [0.1, 0.15) is 11.8 Å². The fourth-order valence-corrected chi connectivity index (χ4v) is 2.14. The minimum atomic E-state index is -1.60. The molecule has 0 aliphatic carbocycles. The Hall–Kier alpha value is -2.45. The van der Waals surface area contributed by atoms with E-state index in [1.165, 1.54) is 13.3 Å². The van der Waals surface area contributed by atoms with E-state index >= 15 is 0 Å². The topological polar surface area (TPSA) is 170 Å². The number of aliphatic hydroxyl groups excluding tert-OH is 3. The predicted octanol–water partition coefficient (Wildman–Crippen LogP) is -1.96. The molecule has 0 unspecified atom stereocenters. The van der Waals surface area contributed by atoms with Gasteiger partial charge in [-0.3, -0.25) is 9.78 Å². The van der Waals surface area contributed by atoms with Crippen LogP contribution in [-0.2, 0) is 4.74 Å². The van der Waals surface area contributed by atoms with E-state index < -0.39 is 30.6 Å². The van der Waals surface area contributed by atoms with Gasteiger partial charge in [0, 0.05) is 13.3 Å². The van der Waals surface area contributed by atoms with Crippen LogP contribution in [0.25, 0.3) is 11.0 Å². The van der Waals surface area contributed by atoms with Crippen molar-refractivity contribution in [3.8, 4) is 6.07 Å². The summed E-state index contributed by atoms with van der Waals surface area (Å²) in [4.78, 5) is 18.0. The maximum atomic E-state index is 11.9. The van der Waals surface area contributed by atoms with Crippen LogP contribution in [0.15, 0.2) is 11.0 Å². The molecule has 0 aliphatic rings. The van der Waals surface area contributed by atoms with Gasteiger partial charge in [-0.05, 0) is 0 Å². The molecule has 3 atom stereocenters. The molecule has 0 saturated heterocycles. The summed E-state index contributed by atoms with van der Waals surface area (Å²) in [5, 5.41) is 38.4. The molecule has 2 aromatic rings. The minimum absolute atomic E-state index is 0.0343. The molecule has 0 bridgehead atoms. The molecular weight excluding hydrogens is 294 g/mol. The van der Waals surface area contributed by atoms with Crippen molar-refractivity contribution in [3.05, 3.63) is 22.1 Å². The number of hydrogen-bond acceptors (Lipinski definition) is 8. The molecule has 6 N–H and O–H groups in total. The predicted molar refractivity (Wildman–Crippen MR) is 74.6 cm³/mol. The van der Waals surface area contributed by atoms with Gasteiger partial charge < -0.3 is 30.4 Å². The molecular formula is C12H15N5O5. The van der Waals surface area contributed by atoms with Gasteiger partial charge in [-0.1, -0.05) is 0 Å². The van der Waals surface area contributed by atoms with Crippen LogP contribution in [0.3, 0.4) is 0 Å². The number of H-pyrrole nitrogens is 1. The first-order valence-corrected chi connectivity index (χ1v) is 6.24. The molecule has 10 nitrogen and oxygen atoms in total. The Morgan fingerprint density at radius 3 is 2.82 bits per heavy atom. The second-order valence-corrected chi connectivity index (χ2v) is 4.57. The number of nitrogens with zero attached hydrogens (tertiary/aromatic N) is 3. The average molecular weight is 309 g/mol. The fourth-order valence-electron chi connectivity index (χ4n) is 2.14. The van der Waals surface area contributed by atoms with Crippen molar-refractivity contribution < 1.29 is 20.1 Å². The molecule has 0 fully saturated rings. The summed E-state index contributed by atoms with van der Waals surface area (Å²) in [6.07, 6.45) is -3.00. The molecule has 22 heavy (non-hydrogen) atoms. The second-order valence-electron chi connectivity index (χ2n) is 4.57. The van der Waals surface area contributed by atoms with Crippen molar-refractivity contribution in [2.45, 2.75) is 18.4 Å². The molecule has 0 saturated carbocycles. The average Bonchev–Trinajstić information content (AvgIpc) is 2.86. The summed E-state index contributed by atoms with van der Waals surface area (Å²) in [6, 6.07) is 1.81. The standard InChI is InChI=1S/C12H15N5O5/c1-22-6(4-18)8(19)11(21)17-3-5(2-13)7-9(17)15-12(14)16-10(7)20/h3,6,8,11,18-19,21H,4H2,1H3,(H3,14,15,16,20)/t6-,8-,11+/m1/s1. The van der Waals surface area contributed by atoms with Crippen LogP contribution in [0.2, 0.25) is 0 Å². The first kappa shape index (κ1) is 15.9. The Morgan fingerprint density at radius 1 is 1.59 bits per heavy atom. The zero-order chi connectivity index (χ0) is 16.4. The molecule has 0 spiro atoms. The Morgan fingerprint density at radius 2 is 2.27 bits per heavy atom. The number of nitrogens with two attached hydrogens (primary N) is 1. The third-order valence-electron chi connectivity index (χ3n) is 3.28. The zero-order valence-electron chi connectivity index (χ0n) is 11.6. The van der Waals surface area contributed by atoms with Gasteiger partial charge in [-0.15, -0.1) is 0 Å². The third-order valence-corrected chi connectivity index (χ3v) is 3.28. The van der Waals surface area contributed by atoms with Crippen LogP contribution in [0.5, 0.6) is 0 Å². The molecule has 0 radical (unpaired) electrons. The summed E-state index contributed by atoms with van der Waals surface area (Å²) in [7, 11) is 1.26. The van der Waals surface area contributed by atoms with E-state index in [0.29, 0.717) is 0 Å². The first-order chi connectivity index (χ1) is 10.4. The van der Waals surface area contributed by atoms with Crippen LogP contribution < -0.4 is 11.3 Å². The van der Waals surface area contributed by atoms with E-state index in [0.717, 1.165) is 4.57 Å². The monoisotopic (exact) mass is 309 g/mol. The van der Waals surface area contributed by atoms with Crippen molar-refractivity contribution in [2.75, 3.05) is 19.5 Å². The maximum absolute atomic E-state index is 11.9. The van der Waals surface area contributed by atoms with Crippen molar-refractivity contribution in [1.82, 2.24) is 14.5 Å². The van der Waals surface area contributed by atoms with E-state index in [9.17, 15) is 15.0 Å². The lowest BCUT2D eigenvalue weighted by Gasteiger charge is -2.25. The summed E-state index contributed by atoms with van der Waals surface area (Å²) in [5.74, 6) is -0.200. The summed E-state index contributed by atoms with van der Waals surface area (Å²) in [6.45, 7) is -0.533. The highest BCUT2D eigenvalue weighted by Gasteiger charge is 2.29. The Kier molecular flexibility index (Phi) is 4.43. The number of nitrogens with one attached hydrogen (secondary N) is 1. The van der Waals surface area contributed by atoms with E-state index in [1.54, 1.807) is 6.07 Å². The summed E-state index contributed by atoms with van der Waals surface area (Å²) in [5.41, 5.74) is 4.73. The van der Waals surface area contributed by atoms with E-state index in [2.05, 4.69) is 9.97 Å². The first-order valence-electron chi connectivity index (χ1n) is 6.24. The fraction of sp³-hybridized carbons (Fsp3) is 0.417. The lowest BCUT2D eigenvalue weighted by atomic mass is 10.2. The van der Waals surface area contributed by atoms with Gasteiger partial charge in [-0.25, -0.2) is 0 Å². The zero-order valence-corrected chi connectivity index (χ0v) is 11.6. The number of hydrogen-bond donors (Lipinski definition) is 5. The van der Waals surface area contributed by atoms with Gasteiger partial charge in [0.15, 0.2) is 11.9 Å². The highest BCUT2D eigenvalue weighted by molar-refractivity contribution is 5.83. The molecule has 10 heteroatoms. The Labute approximate surface area is 124 Å². The minimum Gasteiger partial charge on any atom is -0.394 e. The van der Waals surface area contributed by atoms with Crippen LogP contribution >= 0.6 is 0 Å². The van der Waals surface area contributed by atoms with E-state index in [-0.39, 0.29) is 22.5 Å². The number of nitriles is 1. The second kappa shape index (κ2) is 6.12. The maximum Gasteiger partial charge on any atom is 0.263 e. The SMILES string of the molecule is CO[C@H](CO)[C@@H](O)[C@H](O)n1cc(C#N)c2c(=O)[nH]c(N)nc21. The summed E-state index contributed by atoms with van der Waals surface area (Å²) >= 11 is 0. The molecule has 2 heterocycles. The number of fused-ring (bicyclic) bond motifs is 1. The van der Waals surface area contributed by atoms with Crippen LogP contribution in [0, 0.1) is 11.3 Å². The quantitative estimate of drug-likeness (QED) is 0.423. The molecule has 0 aromatic carbocycles. The summed E-state index contributed by atoms with van der Waals surface area (Å²) < 4.78 is 5.88. The number of anilines is 1. The van der Waals surface area contributed by atoms with Crippen molar-refractivity contribution >= 4 is 17.0 Å². The molecule has 2 rings (SSSR count). The number of aromatic amines is 1. The highest BCUT2D eigenvalue weighted by Crippen LogP contribution is 2.22. The largest absolute Gasteiger partial charge is 0.394 e. The van der Waals surface area contributed by atoms with Crippen molar-refractivity contribution in [2.24, 2.45) is 0 Å². The molecule has 2 aromatic heterocycles. The number of aromatic nitrogens is 3. The van der Waals surface area contributed by atoms with E-state index in [4.69, 9.17) is 20.8 Å². The van der Waals surface area contributed by atoms with Gasteiger partial charge in [0.05, 0.1) is 12.2 Å². The van der Waals surface area contributed by atoms with Crippen LogP contribution in [-0.4, -0.2) is 55.8 Å². The third kappa shape index (κ3) is 2.53. The number of ether oxygens (including phenoxy) is 1. The van der Waals surface area contributed by atoms with Gasteiger partial charge in [0.25, 0.3) is 5.56 Å². The van der Waals surface area contributed by atoms with Crippen molar-refractivity contribution in [1.29, 1.82) is 5.26 Å². The highest BCUT2D eigenvalue weighted by atomic mass is 16.5. The van der Waals surface area contributed by atoms with Crippen molar-refractivity contribution in [3.63, 3.8) is 0 Å². The number of rotatable bonds is 5. The van der Waals surface area contributed by atoms with Gasteiger partial charge in [0.2, 0.25) is 5.95 Å². The number of aliphatic hydroxyl groups is 3. The number of nitrogen functional groups attached to an aromatic ring is 1. The van der Waals surface area contributed by atoms with E-state index in [1.807, 2.05) is 0 Å². The van der Waals surface area contributed by atoms with Crippen LogP contribution in [0.4, 0.5) is 5.95 Å². The van der Waals surface area contributed by atoms with Gasteiger partial charge in [0.1, 0.15) is 23.7 Å². The smallest absolute Gasteiger partial charge is 0.263 e. The lowest BCUT2D eigenvalue weighted by Crippen LogP contribution is -2.38.